The first-order valence-electron chi connectivity index (χ1n) is 6.84. The van der Waals surface area contributed by atoms with Gasteiger partial charge in [0.05, 0.1) is 0 Å². The number of aryl methyl sites for hydroxylation is 1. The van der Waals surface area contributed by atoms with E-state index in [2.05, 4.69) is 15.5 Å². The van der Waals surface area contributed by atoms with Crippen LogP contribution in [0.25, 0.3) is 0 Å². The second kappa shape index (κ2) is 6.53. The lowest BCUT2D eigenvalue weighted by molar-refractivity contribution is -0.131. The minimum absolute atomic E-state index is 0.0604. The number of amides is 1. The number of hydrogen-bond donors (Lipinski definition) is 3. The SMILES string of the molecule is Cc1cnccc1CNC(=O)C1(/C(N)=N/O)CCOCC1. The highest BCUT2D eigenvalue weighted by Crippen LogP contribution is 2.31. The van der Waals surface area contributed by atoms with E-state index in [9.17, 15) is 4.79 Å². The number of pyridine rings is 1. The van der Waals surface area contributed by atoms with Gasteiger partial charge >= 0.3 is 0 Å². The van der Waals surface area contributed by atoms with E-state index in [1.165, 1.54) is 0 Å². The Hall–Kier alpha value is -2.15. The molecule has 0 bridgehead atoms. The third-order valence-electron chi connectivity index (χ3n) is 3.95. The molecule has 21 heavy (non-hydrogen) atoms. The second-order valence-electron chi connectivity index (χ2n) is 5.16. The molecule has 1 aliphatic heterocycles. The topological polar surface area (TPSA) is 110 Å². The molecule has 0 aromatic carbocycles. The molecule has 7 heteroatoms. The molecule has 1 aromatic heterocycles. The Morgan fingerprint density at radius 3 is 2.90 bits per heavy atom. The molecule has 0 spiro atoms. The number of amidine groups is 1. The van der Waals surface area contributed by atoms with E-state index >= 15 is 0 Å². The fraction of sp³-hybridized carbons (Fsp3) is 0.500. The van der Waals surface area contributed by atoms with Gasteiger partial charge in [-0.05, 0) is 37.0 Å². The molecule has 1 aromatic rings. The van der Waals surface area contributed by atoms with Gasteiger partial charge in [-0.25, -0.2) is 0 Å². The molecule has 114 valence electrons. The van der Waals surface area contributed by atoms with Crippen LogP contribution in [0, 0.1) is 12.3 Å². The van der Waals surface area contributed by atoms with Crippen molar-refractivity contribution in [3.8, 4) is 0 Å². The number of oxime groups is 1. The Kier molecular flexibility index (Phi) is 4.74. The molecule has 0 saturated carbocycles. The number of carbonyl (C=O) groups excluding carboxylic acids is 1. The van der Waals surface area contributed by atoms with E-state index in [1.54, 1.807) is 12.4 Å². The molecule has 2 rings (SSSR count). The summed E-state index contributed by atoms with van der Waals surface area (Å²) >= 11 is 0. The molecule has 1 saturated heterocycles. The van der Waals surface area contributed by atoms with E-state index in [0.29, 0.717) is 32.6 Å². The number of nitrogens with zero attached hydrogens (tertiary/aromatic N) is 2. The number of ether oxygens (including phenoxy) is 1. The predicted molar refractivity (Wildman–Crippen MR) is 76.7 cm³/mol. The van der Waals surface area contributed by atoms with Gasteiger partial charge in [-0.15, -0.1) is 0 Å². The van der Waals surface area contributed by atoms with Gasteiger partial charge in [0.2, 0.25) is 5.91 Å². The smallest absolute Gasteiger partial charge is 0.234 e. The van der Waals surface area contributed by atoms with Crippen molar-refractivity contribution in [1.82, 2.24) is 10.3 Å². The minimum Gasteiger partial charge on any atom is -0.409 e. The molecule has 2 heterocycles. The van der Waals surface area contributed by atoms with Crippen LogP contribution in [0.5, 0.6) is 0 Å². The fourth-order valence-corrected chi connectivity index (χ4v) is 2.46. The number of aromatic nitrogens is 1. The van der Waals surface area contributed by atoms with Gasteiger partial charge < -0.3 is 21.0 Å². The van der Waals surface area contributed by atoms with E-state index in [-0.39, 0.29) is 11.7 Å². The maximum atomic E-state index is 12.6. The summed E-state index contributed by atoms with van der Waals surface area (Å²) in [6.45, 7) is 3.15. The summed E-state index contributed by atoms with van der Waals surface area (Å²) in [6, 6.07) is 1.86. The number of nitrogens with two attached hydrogens (primary N) is 1. The number of nitrogens with one attached hydrogen (secondary N) is 1. The maximum Gasteiger partial charge on any atom is 0.234 e. The minimum atomic E-state index is -0.992. The molecule has 0 unspecified atom stereocenters. The summed E-state index contributed by atoms with van der Waals surface area (Å²) in [6.07, 6.45) is 4.24. The van der Waals surface area contributed by atoms with Gasteiger partial charge in [0, 0.05) is 32.2 Å². The lowest BCUT2D eigenvalue weighted by Gasteiger charge is -2.34. The van der Waals surface area contributed by atoms with Crippen molar-refractivity contribution in [2.45, 2.75) is 26.3 Å². The highest BCUT2D eigenvalue weighted by Gasteiger charge is 2.44. The summed E-state index contributed by atoms with van der Waals surface area (Å²) < 4.78 is 5.27. The highest BCUT2D eigenvalue weighted by molar-refractivity contribution is 6.06. The standard InChI is InChI=1S/C14H20N4O3/c1-10-8-16-5-2-11(10)9-17-13(19)14(12(15)18-20)3-6-21-7-4-14/h2,5,8,20H,3-4,6-7,9H2,1H3,(H2,15,18)(H,17,19). The highest BCUT2D eigenvalue weighted by atomic mass is 16.5. The summed E-state index contributed by atoms with van der Waals surface area (Å²) in [7, 11) is 0. The van der Waals surface area contributed by atoms with Gasteiger partial charge in [0.1, 0.15) is 5.41 Å². The number of rotatable bonds is 4. The molecule has 0 aliphatic carbocycles. The normalized spacial score (nSPS) is 18.2. The number of hydrogen-bond acceptors (Lipinski definition) is 5. The first-order chi connectivity index (χ1) is 10.1. The van der Waals surface area contributed by atoms with Crippen LogP contribution in [-0.4, -0.2) is 35.1 Å². The summed E-state index contributed by atoms with van der Waals surface area (Å²) in [4.78, 5) is 16.6. The van der Waals surface area contributed by atoms with Crippen molar-refractivity contribution < 1.29 is 14.7 Å². The van der Waals surface area contributed by atoms with Crippen molar-refractivity contribution in [2.24, 2.45) is 16.3 Å². The van der Waals surface area contributed by atoms with E-state index in [1.807, 2.05) is 13.0 Å². The largest absolute Gasteiger partial charge is 0.409 e. The van der Waals surface area contributed by atoms with Crippen molar-refractivity contribution in [1.29, 1.82) is 0 Å². The Morgan fingerprint density at radius 1 is 1.57 bits per heavy atom. The Bertz CT molecular complexity index is 539. The van der Waals surface area contributed by atoms with Crippen LogP contribution in [0.1, 0.15) is 24.0 Å². The summed E-state index contributed by atoms with van der Waals surface area (Å²) in [5, 5.41) is 14.9. The zero-order valence-electron chi connectivity index (χ0n) is 12.0. The lowest BCUT2D eigenvalue weighted by atomic mass is 9.78. The van der Waals surface area contributed by atoms with E-state index in [4.69, 9.17) is 15.7 Å². The lowest BCUT2D eigenvalue weighted by Crippen LogP contribution is -2.52. The number of carbonyl (C=O) groups is 1. The average Bonchev–Trinajstić information content (AvgIpc) is 2.53. The monoisotopic (exact) mass is 292 g/mol. The molecule has 1 aliphatic rings. The molecule has 1 fully saturated rings. The predicted octanol–water partition coefficient (Wildman–Crippen LogP) is 0.549. The van der Waals surface area contributed by atoms with Gasteiger partial charge in [0.25, 0.3) is 0 Å². The molecule has 7 nitrogen and oxygen atoms in total. The Morgan fingerprint density at radius 2 is 2.29 bits per heavy atom. The van der Waals surface area contributed by atoms with Crippen LogP contribution in [0.15, 0.2) is 23.6 Å². The van der Waals surface area contributed by atoms with E-state index < -0.39 is 5.41 Å². The van der Waals surface area contributed by atoms with Crippen molar-refractivity contribution in [2.75, 3.05) is 13.2 Å². The molecular formula is C14H20N4O3. The zero-order valence-corrected chi connectivity index (χ0v) is 12.0. The van der Waals surface area contributed by atoms with Crippen LogP contribution in [0.4, 0.5) is 0 Å². The molecule has 1 amide bonds. The first kappa shape index (κ1) is 15.2. The first-order valence-corrected chi connectivity index (χ1v) is 6.84. The van der Waals surface area contributed by atoms with E-state index in [0.717, 1.165) is 11.1 Å². The van der Waals surface area contributed by atoms with Crippen LogP contribution in [0.2, 0.25) is 0 Å². The van der Waals surface area contributed by atoms with Crippen molar-refractivity contribution >= 4 is 11.7 Å². The third-order valence-corrected chi connectivity index (χ3v) is 3.95. The zero-order chi connectivity index (χ0) is 15.3. The van der Waals surface area contributed by atoms with Crippen molar-refractivity contribution in [3.05, 3.63) is 29.6 Å². The molecule has 0 radical (unpaired) electrons. The quantitative estimate of drug-likeness (QED) is 0.325. The van der Waals surface area contributed by atoms with Crippen LogP contribution >= 0.6 is 0 Å². The fourth-order valence-electron chi connectivity index (χ4n) is 2.46. The van der Waals surface area contributed by atoms with Crippen LogP contribution in [0.3, 0.4) is 0 Å². The average molecular weight is 292 g/mol. The summed E-state index contributed by atoms with van der Waals surface area (Å²) in [5.41, 5.74) is 6.75. The van der Waals surface area contributed by atoms with Gasteiger partial charge in [-0.1, -0.05) is 5.16 Å². The van der Waals surface area contributed by atoms with Gasteiger partial charge in [-0.3, -0.25) is 9.78 Å². The molecule has 4 N–H and O–H groups in total. The maximum absolute atomic E-state index is 12.6. The second-order valence-corrected chi connectivity index (χ2v) is 5.16. The van der Waals surface area contributed by atoms with Gasteiger partial charge in [-0.2, -0.15) is 0 Å². The Balaban J connectivity index is 2.11. The van der Waals surface area contributed by atoms with Gasteiger partial charge in [0.15, 0.2) is 5.84 Å². The molecule has 0 atom stereocenters. The van der Waals surface area contributed by atoms with Crippen LogP contribution in [-0.2, 0) is 16.1 Å². The third kappa shape index (κ3) is 3.13. The molecular weight excluding hydrogens is 272 g/mol. The summed E-state index contributed by atoms with van der Waals surface area (Å²) in [5.74, 6) is -0.299. The Labute approximate surface area is 123 Å². The van der Waals surface area contributed by atoms with Crippen molar-refractivity contribution in [3.63, 3.8) is 0 Å². The van der Waals surface area contributed by atoms with Crippen LogP contribution < -0.4 is 11.1 Å².